The molecule has 0 bridgehead atoms. The summed E-state index contributed by atoms with van der Waals surface area (Å²) in [6.45, 7) is 5.02. The molecule has 20 heavy (non-hydrogen) atoms. The molecule has 0 fully saturated rings. The number of fused-ring (bicyclic) bond motifs is 1. The lowest BCUT2D eigenvalue weighted by Gasteiger charge is -2.15. The van der Waals surface area contributed by atoms with Gasteiger partial charge in [-0.25, -0.2) is 4.98 Å². The number of rotatable bonds is 2. The average molecular weight is 271 g/mol. The van der Waals surface area contributed by atoms with E-state index in [1.807, 2.05) is 12.1 Å². The number of methoxy groups -OCH3 is 1. The summed E-state index contributed by atoms with van der Waals surface area (Å²) in [4.78, 5) is 8.27. The fraction of sp³-hybridized carbons (Fsp3) is 0.333. The van der Waals surface area contributed by atoms with Crippen molar-refractivity contribution in [3.8, 4) is 22.9 Å². The summed E-state index contributed by atoms with van der Waals surface area (Å²) in [5, 5.41) is 0. The fourth-order valence-corrected chi connectivity index (χ4v) is 2.38. The second-order valence-corrected chi connectivity index (χ2v) is 5.54. The van der Waals surface area contributed by atoms with Crippen LogP contribution in [0.25, 0.3) is 11.3 Å². The van der Waals surface area contributed by atoms with Crippen LogP contribution in [-0.4, -0.2) is 23.7 Å². The van der Waals surface area contributed by atoms with Crippen LogP contribution in [0.1, 0.15) is 19.4 Å². The van der Waals surface area contributed by atoms with Crippen molar-refractivity contribution in [2.24, 2.45) is 0 Å². The number of aromatic nitrogens is 2. The molecule has 0 saturated heterocycles. The van der Waals surface area contributed by atoms with Crippen LogP contribution >= 0.6 is 0 Å². The molecule has 0 unspecified atom stereocenters. The van der Waals surface area contributed by atoms with Crippen LogP contribution in [0.4, 0.5) is 5.95 Å². The van der Waals surface area contributed by atoms with Gasteiger partial charge < -0.3 is 15.2 Å². The second kappa shape index (κ2) is 4.37. The number of hydrogen-bond acceptors (Lipinski definition) is 5. The van der Waals surface area contributed by atoms with E-state index < -0.39 is 0 Å². The smallest absolute Gasteiger partial charge is 0.223 e. The highest BCUT2D eigenvalue weighted by Gasteiger charge is 2.31. The number of anilines is 1. The molecule has 2 aromatic rings. The third-order valence-corrected chi connectivity index (χ3v) is 3.52. The zero-order chi connectivity index (χ0) is 14.3. The number of nitrogens with two attached hydrogens (primary N) is 1. The van der Waals surface area contributed by atoms with Crippen LogP contribution < -0.4 is 15.2 Å². The van der Waals surface area contributed by atoms with Gasteiger partial charge in [0, 0.05) is 22.6 Å². The summed E-state index contributed by atoms with van der Waals surface area (Å²) in [5.74, 6) is 1.60. The summed E-state index contributed by atoms with van der Waals surface area (Å²) in [7, 11) is 1.56. The van der Waals surface area contributed by atoms with E-state index in [2.05, 4.69) is 29.9 Å². The molecule has 0 saturated carbocycles. The van der Waals surface area contributed by atoms with Crippen molar-refractivity contribution in [3.05, 3.63) is 29.8 Å². The Balaban J connectivity index is 2.10. The van der Waals surface area contributed by atoms with Gasteiger partial charge in [0.1, 0.15) is 5.75 Å². The highest BCUT2D eigenvalue weighted by atomic mass is 16.5. The topological polar surface area (TPSA) is 70.3 Å². The Kier molecular flexibility index (Phi) is 2.78. The van der Waals surface area contributed by atoms with Crippen molar-refractivity contribution in [1.82, 2.24) is 9.97 Å². The minimum absolute atomic E-state index is 0.00794. The van der Waals surface area contributed by atoms with E-state index in [9.17, 15) is 0 Å². The van der Waals surface area contributed by atoms with Crippen molar-refractivity contribution >= 4 is 5.95 Å². The highest BCUT2D eigenvalue weighted by molar-refractivity contribution is 5.65. The molecular formula is C15H17N3O2. The van der Waals surface area contributed by atoms with Crippen LogP contribution in [0.3, 0.4) is 0 Å². The Hall–Kier alpha value is -2.30. The van der Waals surface area contributed by atoms with Gasteiger partial charge in [-0.1, -0.05) is 13.8 Å². The van der Waals surface area contributed by atoms with Crippen LogP contribution in [0.5, 0.6) is 11.6 Å². The third-order valence-electron chi connectivity index (χ3n) is 3.52. The van der Waals surface area contributed by atoms with Crippen molar-refractivity contribution in [3.63, 3.8) is 0 Å². The lowest BCUT2D eigenvalue weighted by atomic mass is 9.86. The van der Waals surface area contributed by atoms with Gasteiger partial charge in [-0.3, -0.25) is 0 Å². The van der Waals surface area contributed by atoms with Crippen LogP contribution in [0.15, 0.2) is 24.3 Å². The molecule has 0 radical (unpaired) electrons. The third kappa shape index (κ3) is 2.05. The van der Waals surface area contributed by atoms with E-state index in [1.165, 1.54) is 5.56 Å². The van der Waals surface area contributed by atoms with Crippen LogP contribution in [-0.2, 0) is 5.41 Å². The number of benzene rings is 1. The number of hydrogen-bond donors (Lipinski definition) is 1. The van der Waals surface area contributed by atoms with Crippen molar-refractivity contribution in [2.75, 3.05) is 19.5 Å². The molecule has 104 valence electrons. The molecule has 1 aliphatic heterocycles. The lowest BCUT2D eigenvalue weighted by Crippen LogP contribution is -2.18. The molecule has 0 spiro atoms. The van der Waals surface area contributed by atoms with Gasteiger partial charge in [0.25, 0.3) is 0 Å². The molecule has 5 nitrogen and oxygen atoms in total. The maximum atomic E-state index is 5.71. The Morgan fingerprint density at radius 2 is 2.05 bits per heavy atom. The number of nitrogen functional groups attached to an aromatic ring is 1. The molecule has 1 aromatic heterocycles. The standard InChI is InChI=1S/C15H17N3O2/c1-15(2)8-20-12-5-4-9(6-10(12)15)11-7-13(19-3)18-14(16)17-11/h4-7H,8H2,1-3H3,(H2,16,17,18). The van der Waals surface area contributed by atoms with E-state index in [4.69, 9.17) is 15.2 Å². The molecule has 0 aliphatic carbocycles. The summed E-state index contributed by atoms with van der Waals surface area (Å²) in [6.07, 6.45) is 0. The largest absolute Gasteiger partial charge is 0.492 e. The van der Waals surface area contributed by atoms with Gasteiger partial charge in [0.15, 0.2) is 0 Å². The Morgan fingerprint density at radius 1 is 1.25 bits per heavy atom. The number of ether oxygens (including phenoxy) is 2. The maximum absolute atomic E-state index is 5.71. The molecule has 0 atom stereocenters. The predicted octanol–water partition coefficient (Wildman–Crippen LogP) is 2.40. The van der Waals surface area contributed by atoms with Gasteiger partial charge in [-0.05, 0) is 18.2 Å². The fourth-order valence-electron chi connectivity index (χ4n) is 2.38. The zero-order valence-corrected chi connectivity index (χ0v) is 11.8. The van der Waals surface area contributed by atoms with Gasteiger partial charge in [-0.15, -0.1) is 0 Å². The van der Waals surface area contributed by atoms with Crippen molar-refractivity contribution in [2.45, 2.75) is 19.3 Å². The Bertz CT molecular complexity index is 668. The van der Waals surface area contributed by atoms with Crippen molar-refractivity contribution in [1.29, 1.82) is 0 Å². The molecule has 1 aromatic carbocycles. The maximum Gasteiger partial charge on any atom is 0.223 e. The van der Waals surface area contributed by atoms with Crippen LogP contribution in [0.2, 0.25) is 0 Å². The first kappa shape index (κ1) is 12.7. The van der Waals surface area contributed by atoms with E-state index in [0.29, 0.717) is 12.5 Å². The van der Waals surface area contributed by atoms with Gasteiger partial charge in [0.05, 0.1) is 19.4 Å². The minimum Gasteiger partial charge on any atom is -0.492 e. The van der Waals surface area contributed by atoms with E-state index >= 15 is 0 Å². The monoisotopic (exact) mass is 271 g/mol. The summed E-state index contributed by atoms with van der Waals surface area (Å²) in [6, 6.07) is 7.83. The molecule has 2 heterocycles. The molecule has 2 N–H and O–H groups in total. The molecule has 5 heteroatoms. The van der Waals surface area contributed by atoms with E-state index in [1.54, 1.807) is 13.2 Å². The average Bonchev–Trinajstić information content (AvgIpc) is 2.73. The summed E-state index contributed by atoms with van der Waals surface area (Å²) in [5.41, 5.74) is 8.64. The van der Waals surface area contributed by atoms with Crippen LogP contribution in [0, 0.1) is 0 Å². The molecule has 3 rings (SSSR count). The van der Waals surface area contributed by atoms with Gasteiger partial charge in [-0.2, -0.15) is 4.98 Å². The minimum atomic E-state index is 0.00794. The van der Waals surface area contributed by atoms with E-state index in [0.717, 1.165) is 17.0 Å². The Labute approximate surface area is 117 Å². The first-order chi connectivity index (χ1) is 9.49. The summed E-state index contributed by atoms with van der Waals surface area (Å²) >= 11 is 0. The predicted molar refractivity (Wildman–Crippen MR) is 77.0 cm³/mol. The first-order valence-corrected chi connectivity index (χ1v) is 6.46. The van der Waals surface area contributed by atoms with E-state index in [-0.39, 0.29) is 11.4 Å². The normalized spacial score (nSPS) is 15.6. The zero-order valence-electron chi connectivity index (χ0n) is 11.8. The summed E-state index contributed by atoms with van der Waals surface area (Å²) < 4.78 is 10.8. The SMILES string of the molecule is COc1cc(-c2ccc3c(c2)C(C)(C)CO3)nc(N)n1. The lowest BCUT2D eigenvalue weighted by molar-refractivity contribution is 0.291. The highest BCUT2D eigenvalue weighted by Crippen LogP contribution is 2.40. The second-order valence-electron chi connectivity index (χ2n) is 5.54. The number of nitrogens with zero attached hydrogens (tertiary/aromatic N) is 2. The molecule has 1 aliphatic rings. The molecular weight excluding hydrogens is 254 g/mol. The first-order valence-electron chi connectivity index (χ1n) is 6.46. The Morgan fingerprint density at radius 3 is 2.80 bits per heavy atom. The van der Waals surface area contributed by atoms with Gasteiger partial charge in [0.2, 0.25) is 11.8 Å². The quantitative estimate of drug-likeness (QED) is 0.908. The van der Waals surface area contributed by atoms with Gasteiger partial charge >= 0.3 is 0 Å². The molecule has 0 amide bonds. The van der Waals surface area contributed by atoms with Crippen molar-refractivity contribution < 1.29 is 9.47 Å².